The molecule has 1 aliphatic heterocycles. The molecule has 0 unspecified atom stereocenters. The van der Waals surface area contributed by atoms with E-state index in [0.29, 0.717) is 26.4 Å². The molecule has 0 aromatic carbocycles. The Morgan fingerprint density at radius 1 is 1.53 bits per heavy atom. The molecule has 15 heavy (non-hydrogen) atoms. The number of nitrogens with two attached hydrogens (primary N) is 1. The monoisotopic (exact) mass is 216 g/mol. The van der Waals surface area contributed by atoms with Crippen molar-refractivity contribution in [3.8, 4) is 0 Å². The molecule has 1 fully saturated rings. The van der Waals surface area contributed by atoms with Crippen LogP contribution >= 0.6 is 0 Å². The highest BCUT2D eigenvalue weighted by Crippen LogP contribution is 2.19. The molecule has 0 aromatic rings. The molecular weight excluding hydrogens is 196 g/mol. The molecule has 1 saturated heterocycles. The van der Waals surface area contributed by atoms with Gasteiger partial charge in [-0.25, -0.2) is 0 Å². The van der Waals surface area contributed by atoms with Gasteiger partial charge in [0.15, 0.2) is 0 Å². The minimum absolute atomic E-state index is 0.0933. The summed E-state index contributed by atoms with van der Waals surface area (Å²) in [5.74, 6) is -0.0933. The van der Waals surface area contributed by atoms with E-state index in [1.807, 2.05) is 6.92 Å². The van der Waals surface area contributed by atoms with Crippen LogP contribution in [0.4, 0.5) is 0 Å². The van der Waals surface area contributed by atoms with E-state index in [9.17, 15) is 4.79 Å². The minimum Gasteiger partial charge on any atom is -0.381 e. The lowest BCUT2D eigenvalue weighted by Gasteiger charge is -2.36. The van der Waals surface area contributed by atoms with Gasteiger partial charge >= 0.3 is 0 Å². The molecule has 1 heterocycles. The van der Waals surface area contributed by atoms with Crippen molar-refractivity contribution in [2.45, 2.75) is 25.3 Å². The molecule has 0 aliphatic carbocycles. The van der Waals surface area contributed by atoms with Crippen LogP contribution in [-0.4, -0.2) is 44.4 Å². The van der Waals surface area contributed by atoms with Crippen LogP contribution in [0.5, 0.6) is 0 Å². The Hall–Kier alpha value is -0.650. The number of hydrogen-bond acceptors (Lipinski definition) is 4. The second-order valence-electron chi connectivity index (χ2n) is 3.78. The Labute approximate surface area is 90.3 Å². The Bertz CT molecular complexity index is 203. The van der Waals surface area contributed by atoms with Gasteiger partial charge in [0.1, 0.15) is 6.61 Å². The molecule has 3 N–H and O–H groups in total. The summed E-state index contributed by atoms with van der Waals surface area (Å²) in [6.45, 7) is 4.29. The molecule has 1 rings (SSSR count). The Morgan fingerprint density at radius 2 is 2.20 bits per heavy atom. The van der Waals surface area contributed by atoms with Crippen LogP contribution in [0.2, 0.25) is 0 Å². The van der Waals surface area contributed by atoms with Crippen LogP contribution in [0, 0.1) is 0 Å². The molecule has 1 amide bonds. The van der Waals surface area contributed by atoms with Gasteiger partial charge in [-0.3, -0.25) is 4.79 Å². The molecule has 0 bridgehead atoms. The third kappa shape index (κ3) is 3.77. The zero-order chi connectivity index (χ0) is 11.1. The fraction of sp³-hybridized carbons (Fsp3) is 0.900. The van der Waals surface area contributed by atoms with Crippen molar-refractivity contribution >= 4 is 5.91 Å². The second kappa shape index (κ2) is 6.05. The number of rotatable bonds is 5. The Balaban J connectivity index is 2.40. The van der Waals surface area contributed by atoms with Crippen LogP contribution in [-0.2, 0) is 14.3 Å². The van der Waals surface area contributed by atoms with Gasteiger partial charge in [0.25, 0.3) is 0 Å². The standard InChI is InChI=1S/C10H20N2O3/c1-2-14-7-9(13)12-10(8-11)3-5-15-6-4-10/h2-8,11H2,1H3,(H,12,13). The number of carbonyl (C=O) groups excluding carboxylic acids is 1. The normalized spacial score (nSPS) is 19.9. The van der Waals surface area contributed by atoms with Gasteiger partial charge in [-0.15, -0.1) is 0 Å². The third-order valence-electron chi connectivity index (χ3n) is 2.68. The molecular formula is C10H20N2O3. The topological polar surface area (TPSA) is 73.6 Å². The van der Waals surface area contributed by atoms with Gasteiger partial charge in [0.2, 0.25) is 5.91 Å². The smallest absolute Gasteiger partial charge is 0.246 e. The summed E-state index contributed by atoms with van der Waals surface area (Å²) in [6, 6.07) is 0. The highest BCUT2D eigenvalue weighted by molar-refractivity contribution is 5.78. The van der Waals surface area contributed by atoms with E-state index >= 15 is 0 Å². The maximum absolute atomic E-state index is 11.5. The SMILES string of the molecule is CCOCC(=O)NC1(CN)CCOCC1. The first kappa shape index (κ1) is 12.4. The van der Waals surface area contributed by atoms with Crippen molar-refractivity contribution in [1.29, 1.82) is 0 Å². The fourth-order valence-corrected chi connectivity index (χ4v) is 1.67. The van der Waals surface area contributed by atoms with Crippen LogP contribution in [0.1, 0.15) is 19.8 Å². The first-order valence-electron chi connectivity index (χ1n) is 5.39. The van der Waals surface area contributed by atoms with Crippen molar-refractivity contribution in [3.05, 3.63) is 0 Å². The predicted molar refractivity (Wildman–Crippen MR) is 56.5 cm³/mol. The van der Waals surface area contributed by atoms with Crippen LogP contribution < -0.4 is 11.1 Å². The molecule has 0 spiro atoms. The molecule has 88 valence electrons. The lowest BCUT2D eigenvalue weighted by Crippen LogP contribution is -2.57. The Morgan fingerprint density at radius 3 is 2.73 bits per heavy atom. The summed E-state index contributed by atoms with van der Waals surface area (Å²) in [5.41, 5.74) is 5.42. The summed E-state index contributed by atoms with van der Waals surface area (Å²) in [5, 5.41) is 2.95. The summed E-state index contributed by atoms with van der Waals surface area (Å²) in [7, 11) is 0. The van der Waals surface area contributed by atoms with Gasteiger partial charge in [-0.2, -0.15) is 0 Å². The number of carbonyl (C=O) groups is 1. The van der Waals surface area contributed by atoms with Gasteiger partial charge in [0.05, 0.1) is 5.54 Å². The summed E-state index contributed by atoms with van der Waals surface area (Å²) in [4.78, 5) is 11.5. The third-order valence-corrected chi connectivity index (χ3v) is 2.68. The van der Waals surface area contributed by atoms with Crippen molar-refractivity contribution in [2.24, 2.45) is 5.73 Å². The van der Waals surface area contributed by atoms with E-state index in [2.05, 4.69) is 5.32 Å². The lowest BCUT2D eigenvalue weighted by molar-refractivity contribution is -0.128. The van der Waals surface area contributed by atoms with E-state index in [-0.39, 0.29) is 18.1 Å². The number of amides is 1. The van der Waals surface area contributed by atoms with Crippen LogP contribution in [0.15, 0.2) is 0 Å². The zero-order valence-corrected chi connectivity index (χ0v) is 9.25. The van der Waals surface area contributed by atoms with E-state index in [0.717, 1.165) is 12.8 Å². The number of nitrogens with one attached hydrogen (secondary N) is 1. The summed E-state index contributed by atoms with van der Waals surface area (Å²) in [6.07, 6.45) is 1.56. The van der Waals surface area contributed by atoms with Crippen LogP contribution in [0.25, 0.3) is 0 Å². The van der Waals surface area contributed by atoms with E-state index in [1.54, 1.807) is 0 Å². The van der Waals surface area contributed by atoms with E-state index in [1.165, 1.54) is 0 Å². The number of ether oxygens (including phenoxy) is 2. The van der Waals surface area contributed by atoms with E-state index < -0.39 is 0 Å². The van der Waals surface area contributed by atoms with Crippen LogP contribution in [0.3, 0.4) is 0 Å². The van der Waals surface area contributed by atoms with Gasteiger partial charge < -0.3 is 20.5 Å². The largest absolute Gasteiger partial charge is 0.381 e. The minimum atomic E-state index is -0.285. The molecule has 0 saturated carbocycles. The highest BCUT2D eigenvalue weighted by Gasteiger charge is 2.32. The van der Waals surface area contributed by atoms with Crippen molar-refractivity contribution in [1.82, 2.24) is 5.32 Å². The molecule has 0 aromatic heterocycles. The van der Waals surface area contributed by atoms with Crippen molar-refractivity contribution in [3.63, 3.8) is 0 Å². The molecule has 5 nitrogen and oxygen atoms in total. The van der Waals surface area contributed by atoms with Gasteiger partial charge in [-0.1, -0.05) is 0 Å². The Kier molecular flexibility index (Phi) is 5.01. The average Bonchev–Trinajstić information content (AvgIpc) is 2.27. The van der Waals surface area contributed by atoms with Crippen molar-refractivity contribution in [2.75, 3.05) is 33.0 Å². The number of hydrogen-bond donors (Lipinski definition) is 2. The highest BCUT2D eigenvalue weighted by atomic mass is 16.5. The van der Waals surface area contributed by atoms with E-state index in [4.69, 9.17) is 15.2 Å². The summed E-state index contributed by atoms with van der Waals surface area (Å²) >= 11 is 0. The van der Waals surface area contributed by atoms with Gasteiger partial charge in [-0.05, 0) is 19.8 Å². The zero-order valence-electron chi connectivity index (χ0n) is 9.25. The molecule has 0 atom stereocenters. The second-order valence-corrected chi connectivity index (χ2v) is 3.78. The van der Waals surface area contributed by atoms with Crippen molar-refractivity contribution < 1.29 is 14.3 Å². The van der Waals surface area contributed by atoms with Gasteiger partial charge in [0, 0.05) is 26.4 Å². The molecule has 5 heteroatoms. The maximum Gasteiger partial charge on any atom is 0.246 e. The lowest BCUT2D eigenvalue weighted by atomic mass is 9.90. The quantitative estimate of drug-likeness (QED) is 0.658. The molecule has 0 radical (unpaired) electrons. The first-order valence-corrected chi connectivity index (χ1v) is 5.39. The summed E-state index contributed by atoms with van der Waals surface area (Å²) < 4.78 is 10.3. The molecule has 1 aliphatic rings. The first-order chi connectivity index (χ1) is 7.22. The maximum atomic E-state index is 11.5. The average molecular weight is 216 g/mol. The predicted octanol–water partition coefficient (Wildman–Crippen LogP) is -0.353. The fourth-order valence-electron chi connectivity index (χ4n) is 1.67.